The Morgan fingerprint density at radius 1 is 1.26 bits per heavy atom. The number of β-amino-alcohol motifs (C(OH)–C–C–N with tert-alkyl or cyclic N) is 1. The number of nitrogens with one attached hydrogen (secondary N) is 1. The summed E-state index contributed by atoms with van der Waals surface area (Å²) in [6, 6.07) is 9.01. The molecule has 3 atom stereocenters. The fourth-order valence-electron chi connectivity index (χ4n) is 4.41. The number of nitrogens with zero attached hydrogens (tertiary/aromatic N) is 3. The van der Waals surface area contributed by atoms with Crippen LogP contribution in [-0.2, 0) is 16.1 Å². The second kappa shape index (κ2) is 10.1. The van der Waals surface area contributed by atoms with Gasteiger partial charge in [-0.2, -0.15) is 0 Å². The summed E-state index contributed by atoms with van der Waals surface area (Å²) in [7, 11) is 0. The predicted molar refractivity (Wildman–Crippen MR) is 129 cm³/mol. The second-order valence-corrected chi connectivity index (χ2v) is 10.0. The van der Waals surface area contributed by atoms with E-state index in [1.165, 1.54) is 4.90 Å². The van der Waals surface area contributed by atoms with Crippen molar-refractivity contribution in [2.45, 2.75) is 58.7 Å². The summed E-state index contributed by atoms with van der Waals surface area (Å²) in [6.07, 6.45) is -0.535. The van der Waals surface area contributed by atoms with Gasteiger partial charge in [0.15, 0.2) is 0 Å². The van der Waals surface area contributed by atoms with E-state index in [0.717, 1.165) is 21.7 Å². The molecule has 0 spiro atoms. The Hall–Kier alpha value is -3.04. The van der Waals surface area contributed by atoms with Crippen molar-refractivity contribution in [3.63, 3.8) is 0 Å². The summed E-state index contributed by atoms with van der Waals surface area (Å²) in [5, 5.41) is 17.1. The van der Waals surface area contributed by atoms with E-state index in [2.05, 4.69) is 15.5 Å². The zero-order valence-corrected chi connectivity index (χ0v) is 20.6. The summed E-state index contributed by atoms with van der Waals surface area (Å²) in [6.45, 7) is 8.10. The van der Waals surface area contributed by atoms with Crippen molar-refractivity contribution in [1.29, 1.82) is 0 Å². The van der Waals surface area contributed by atoms with Crippen molar-refractivity contribution in [2.75, 3.05) is 6.54 Å². The van der Waals surface area contributed by atoms with Gasteiger partial charge in [0.05, 0.1) is 27.9 Å². The lowest BCUT2D eigenvalue weighted by atomic mass is 9.91. The Morgan fingerprint density at radius 3 is 2.59 bits per heavy atom. The van der Waals surface area contributed by atoms with Gasteiger partial charge in [0, 0.05) is 25.6 Å². The van der Waals surface area contributed by atoms with Crippen LogP contribution in [0.5, 0.6) is 0 Å². The lowest BCUT2D eigenvalue weighted by Gasteiger charge is -2.28. The van der Waals surface area contributed by atoms with Gasteiger partial charge in [-0.1, -0.05) is 43.3 Å². The molecular weight excluding hydrogens is 452 g/mol. The molecule has 3 heterocycles. The van der Waals surface area contributed by atoms with Crippen molar-refractivity contribution >= 4 is 23.2 Å². The number of aliphatic hydroxyl groups excluding tert-OH is 1. The molecule has 1 aliphatic heterocycles. The Bertz CT molecular complexity index is 1150. The number of benzene rings is 1. The van der Waals surface area contributed by atoms with Gasteiger partial charge in [-0.3, -0.25) is 9.59 Å². The highest BCUT2D eigenvalue weighted by molar-refractivity contribution is 7.13. The average molecular weight is 483 g/mol. The fourth-order valence-corrected chi connectivity index (χ4v) is 5.22. The topological polar surface area (TPSA) is 109 Å². The molecule has 180 valence electrons. The highest BCUT2D eigenvalue weighted by Gasteiger charge is 2.43. The highest BCUT2D eigenvalue weighted by Crippen LogP contribution is 2.31. The number of carbonyl (C=O) groups is 2. The van der Waals surface area contributed by atoms with Gasteiger partial charge in [0.2, 0.25) is 11.8 Å². The maximum atomic E-state index is 13.5. The third-order valence-electron chi connectivity index (χ3n) is 6.18. The molecule has 0 radical (unpaired) electrons. The van der Waals surface area contributed by atoms with Gasteiger partial charge >= 0.3 is 0 Å². The lowest BCUT2D eigenvalue weighted by molar-refractivity contribution is -0.141. The maximum absolute atomic E-state index is 13.5. The van der Waals surface area contributed by atoms with Gasteiger partial charge < -0.3 is 19.8 Å². The lowest BCUT2D eigenvalue weighted by Crippen LogP contribution is -2.48. The number of aromatic nitrogens is 2. The standard InChI is InChI=1S/C25H30N4O4S/c1-14(2)22(21-9-15(3)28-33-21)25(32)29-12-19(30)10-20(29)24(31)26-11-17-5-7-18(8-6-17)23-16(4)27-13-34-23/h5-9,13-14,19-20,22,30H,10-12H2,1-4H3,(H,26,31)/t19-,20+,22+/m1/s1. The minimum Gasteiger partial charge on any atom is -0.391 e. The molecule has 2 amide bonds. The van der Waals surface area contributed by atoms with Crippen LogP contribution in [0.2, 0.25) is 0 Å². The minimum atomic E-state index is -0.745. The summed E-state index contributed by atoms with van der Waals surface area (Å²) in [4.78, 5) is 33.4. The van der Waals surface area contributed by atoms with Crippen molar-refractivity contribution in [3.8, 4) is 10.4 Å². The van der Waals surface area contributed by atoms with Crippen LogP contribution in [0.15, 0.2) is 40.4 Å². The molecule has 0 saturated carbocycles. The summed E-state index contributed by atoms with van der Waals surface area (Å²) < 4.78 is 5.38. The first kappa shape index (κ1) is 24.1. The number of likely N-dealkylation sites (tertiary alicyclic amines) is 1. The van der Waals surface area contributed by atoms with Gasteiger partial charge in [0.25, 0.3) is 0 Å². The highest BCUT2D eigenvalue weighted by atomic mass is 32.1. The predicted octanol–water partition coefficient (Wildman–Crippen LogP) is 3.43. The maximum Gasteiger partial charge on any atom is 0.243 e. The molecule has 2 aromatic heterocycles. The van der Waals surface area contributed by atoms with Crippen LogP contribution in [0.4, 0.5) is 0 Å². The van der Waals surface area contributed by atoms with E-state index in [4.69, 9.17) is 4.52 Å². The molecule has 0 aliphatic carbocycles. The molecule has 9 heteroatoms. The van der Waals surface area contributed by atoms with Crippen LogP contribution in [0.3, 0.4) is 0 Å². The van der Waals surface area contributed by atoms with Gasteiger partial charge in [-0.15, -0.1) is 11.3 Å². The molecule has 4 rings (SSSR count). The SMILES string of the molecule is Cc1cc([C@@H](C(=O)N2C[C@H](O)C[C@H]2C(=O)NCc2ccc(-c3scnc3C)cc2)C(C)C)on1. The summed E-state index contributed by atoms with van der Waals surface area (Å²) in [5.74, 6) is -0.642. The molecule has 0 unspecified atom stereocenters. The summed E-state index contributed by atoms with van der Waals surface area (Å²) in [5.41, 5.74) is 5.56. The number of carbonyl (C=O) groups excluding carboxylic acids is 2. The number of hydrogen-bond acceptors (Lipinski definition) is 7. The third kappa shape index (κ3) is 5.05. The van der Waals surface area contributed by atoms with Crippen LogP contribution in [0.25, 0.3) is 10.4 Å². The molecule has 8 nitrogen and oxygen atoms in total. The molecule has 3 aromatic rings. The van der Waals surface area contributed by atoms with Crippen molar-refractivity contribution in [2.24, 2.45) is 5.92 Å². The van der Waals surface area contributed by atoms with Crippen molar-refractivity contribution in [3.05, 3.63) is 58.6 Å². The van der Waals surface area contributed by atoms with Crippen molar-refractivity contribution in [1.82, 2.24) is 20.4 Å². The molecule has 1 aliphatic rings. The number of rotatable bonds is 7. The van der Waals surface area contributed by atoms with Gasteiger partial charge in [0.1, 0.15) is 17.7 Å². The first-order valence-electron chi connectivity index (χ1n) is 11.4. The second-order valence-electron chi connectivity index (χ2n) is 9.17. The quantitative estimate of drug-likeness (QED) is 0.534. The van der Waals surface area contributed by atoms with Gasteiger partial charge in [-0.05, 0) is 30.9 Å². The van der Waals surface area contributed by atoms with E-state index < -0.39 is 18.1 Å². The largest absolute Gasteiger partial charge is 0.391 e. The number of aryl methyl sites for hydroxylation is 2. The van der Waals surface area contributed by atoms with Crippen LogP contribution >= 0.6 is 11.3 Å². The Morgan fingerprint density at radius 2 is 2.00 bits per heavy atom. The smallest absolute Gasteiger partial charge is 0.243 e. The molecule has 2 N–H and O–H groups in total. The Labute approximate surface area is 203 Å². The average Bonchev–Trinajstić information content (AvgIpc) is 3.52. The zero-order chi connectivity index (χ0) is 24.4. The fraction of sp³-hybridized carbons (Fsp3) is 0.440. The zero-order valence-electron chi connectivity index (χ0n) is 19.8. The first-order valence-corrected chi connectivity index (χ1v) is 12.3. The number of aliphatic hydroxyl groups is 1. The van der Waals surface area contributed by atoms with E-state index in [0.29, 0.717) is 18.0 Å². The van der Waals surface area contributed by atoms with Crippen LogP contribution in [0.1, 0.15) is 48.9 Å². The number of amides is 2. The van der Waals surface area contributed by atoms with Crippen LogP contribution < -0.4 is 5.32 Å². The van der Waals surface area contributed by atoms with E-state index in [1.807, 2.05) is 50.5 Å². The number of thiazole rings is 1. The normalized spacial score (nSPS) is 18.9. The molecule has 1 aromatic carbocycles. The summed E-state index contributed by atoms with van der Waals surface area (Å²) >= 11 is 1.60. The molecular formula is C25H30N4O4S. The van der Waals surface area contributed by atoms with E-state index in [1.54, 1.807) is 24.3 Å². The van der Waals surface area contributed by atoms with E-state index in [-0.39, 0.29) is 30.7 Å². The first-order chi connectivity index (χ1) is 16.2. The Kier molecular flexibility index (Phi) is 7.13. The Balaban J connectivity index is 1.43. The van der Waals surface area contributed by atoms with E-state index in [9.17, 15) is 14.7 Å². The monoisotopic (exact) mass is 482 g/mol. The van der Waals surface area contributed by atoms with Crippen LogP contribution in [0, 0.1) is 19.8 Å². The van der Waals surface area contributed by atoms with Crippen LogP contribution in [-0.4, -0.2) is 50.7 Å². The third-order valence-corrected chi connectivity index (χ3v) is 7.16. The van der Waals surface area contributed by atoms with Gasteiger partial charge in [-0.25, -0.2) is 4.98 Å². The number of hydrogen-bond donors (Lipinski definition) is 2. The molecule has 1 saturated heterocycles. The van der Waals surface area contributed by atoms with E-state index >= 15 is 0 Å². The minimum absolute atomic E-state index is 0.0537. The molecule has 0 bridgehead atoms. The molecule has 1 fully saturated rings. The van der Waals surface area contributed by atoms with Crippen molar-refractivity contribution < 1.29 is 19.2 Å². The molecule has 34 heavy (non-hydrogen) atoms.